The molecular formula is C18H17F2N3O2. The highest BCUT2D eigenvalue weighted by Gasteiger charge is 2.16. The maximum absolute atomic E-state index is 13.8. The smallest absolute Gasteiger partial charge is 0.322 e. The van der Waals surface area contributed by atoms with Crippen LogP contribution in [0.5, 0.6) is 0 Å². The molecule has 0 spiro atoms. The van der Waals surface area contributed by atoms with Crippen LogP contribution >= 0.6 is 0 Å². The zero-order valence-corrected chi connectivity index (χ0v) is 13.3. The topological polar surface area (TPSA) is 75.4 Å². The Hall–Kier alpha value is -3.22. The molecule has 0 aliphatic rings. The van der Waals surface area contributed by atoms with Crippen LogP contribution in [0.3, 0.4) is 0 Å². The van der Waals surface area contributed by atoms with Crippen molar-refractivity contribution in [1.29, 1.82) is 0 Å². The second-order valence-electron chi connectivity index (χ2n) is 5.25. The van der Waals surface area contributed by atoms with Crippen molar-refractivity contribution < 1.29 is 18.4 Å². The van der Waals surface area contributed by atoms with Gasteiger partial charge in [0, 0.05) is 17.8 Å². The molecule has 0 atom stereocenters. The minimum atomic E-state index is -0.942. The van der Waals surface area contributed by atoms with Crippen LogP contribution in [0.1, 0.15) is 15.9 Å². The molecule has 130 valence electrons. The van der Waals surface area contributed by atoms with E-state index in [1.165, 1.54) is 23.1 Å². The van der Waals surface area contributed by atoms with E-state index in [2.05, 4.69) is 11.9 Å². The zero-order chi connectivity index (χ0) is 18.4. The van der Waals surface area contributed by atoms with Crippen LogP contribution in [0.2, 0.25) is 0 Å². The molecule has 0 radical (unpaired) electrons. The molecule has 0 aliphatic carbocycles. The third kappa shape index (κ3) is 4.63. The second kappa shape index (κ2) is 8.05. The summed E-state index contributed by atoms with van der Waals surface area (Å²) < 4.78 is 27.3. The summed E-state index contributed by atoms with van der Waals surface area (Å²) in [5.41, 5.74) is 5.29. The summed E-state index contributed by atoms with van der Waals surface area (Å²) >= 11 is 0. The lowest BCUT2D eigenvalue weighted by Gasteiger charge is -2.22. The lowest BCUT2D eigenvalue weighted by atomic mass is 10.1. The molecule has 0 aliphatic heterocycles. The van der Waals surface area contributed by atoms with E-state index < -0.39 is 23.6 Å². The van der Waals surface area contributed by atoms with Gasteiger partial charge >= 0.3 is 6.03 Å². The first kappa shape index (κ1) is 18.1. The van der Waals surface area contributed by atoms with Crippen LogP contribution in [0.15, 0.2) is 55.1 Å². The van der Waals surface area contributed by atoms with Gasteiger partial charge in [0.25, 0.3) is 5.91 Å². The lowest BCUT2D eigenvalue weighted by molar-refractivity contribution is 0.0996. The van der Waals surface area contributed by atoms with Gasteiger partial charge in [0.15, 0.2) is 0 Å². The van der Waals surface area contributed by atoms with Gasteiger partial charge in [-0.3, -0.25) is 4.79 Å². The third-order valence-corrected chi connectivity index (χ3v) is 3.44. The maximum atomic E-state index is 13.8. The molecule has 0 heterocycles. The molecule has 2 rings (SSSR count). The minimum Gasteiger partial charge on any atom is -0.366 e. The fourth-order valence-corrected chi connectivity index (χ4v) is 2.20. The van der Waals surface area contributed by atoms with E-state index in [0.717, 1.165) is 12.1 Å². The predicted octanol–water partition coefficient (Wildman–Crippen LogP) is 3.28. The number of nitrogens with zero attached hydrogens (tertiary/aromatic N) is 1. The van der Waals surface area contributed by atoms with Crippen molar-refractivity contribution in [2.45, 2.75) is 6.54 Å². The lowest BCUT2D eigenvalue weighted by Crippen LogP contribution is -2.35. The quantitative estimate of drug-likeness (QED) is 0.789. The molecule has 25 heavy (non-hydrogen) atoms. The summed E-state index contributed by atoms with van der Waals surface area (Å²) in [7, 11) is 0. The number of benzene rings is 2. The first-order valence-corrected chi connectivity index (χ1v) is 7.42. The first-order valence-electron chi connectivity index (χ1n) is 7.42. The van der Waals surface area contributed by atoms with Gasteiger partial charge in [0.05, 0.1) is 12.1 Å². The van der Waals surface area contributed by atoms with Crippen molar-refractivity contribution in [1.82, 2.24) is 4.90 Å². The highest BCUT2D eigenvalue weighted by atomic mass is 19.1. The number of halogens is 2. The number of carbonyl (C=O) groups excluding carboxylic acids is 2. The number of amides is 3. The zero-order valence-electron chi connectivity index (χ0n) is 13.3. The summed E-state index contributed by atoms with van der Waals surface area (Å²) in [6.07, 6.45) is 1.50. The Morgan fingerprint density at radius 2 is 1.88 bits per heavy atom. The minimum absolute atomic E-state index is 0.0222. The number of hydrogen-bond donors (Lipinski definition) is 2. The van der Waals surface area contributed by atoms with Gasteiger partial charge in [-0.05, 0) is 24.3 Å². The van der Waals surface area contributed by atoms with Gasteiger partial charge in [-0.15, -0.1) is 6.58 Å². The van der Waals surface area contributed by atoms with Gasteiger partial charge in [-0.1, -0.05) is 24.3 Å². The molecule has 5 nitrogen and oxygen atoms in total. The van der Waals surface area contributed by atoms with Crippen molar-refractivity contribution in [3.8, 4) is 0 Å². The van der Waals surface area contributed by atoms with E-state index in [1.807, 2.05) is 0 Å². The molecule has 0 saturated carbocycles. The van der Waals surface area contributed by atoms with Crippen LogP contribution in [0, 0.1) is 11.6 Å². The Morgan fingerprint density at radius 3 is 2.52 bits per heavy atom. The molecule has 0 aromatic heterocycles. The first-order chi connectivity index (χ1) is 11.9. The summed E-state index contributed by atoms with van der Waals surface area (Å²) in [4.78, 5) is 24.9. The van der Waals surface area contributed by atoms with Crippen molar-refractivity contribution in [2.24, 2.45) is 5.73 Å². The Kier molecular flexibility index (Phi) is 5.84. The third-order valence-electron chi connectivity index (χ3n) is 3.44. The normalized spacial score (nSPS) is 10.2. The standard InChI is InChI=1S/C18H17F2N3O2/c1-2-9-23(11-12-5-3-4-6-15(12)19)18(25)22-13-7-8-16(20)14(10-13)17(21)24/h2-8,10H,1,9,11H2,(H2,21,24)(H,22,25). The van der Waals surface area contributed by atoms with Crippen molar-refractivity contribution >= 4 is 17.6 Å². The molecule has 3 N–H and O–H groups in total. The molecule has 0 saturated heterocycles. The fraction of sp³-hybridized carbons (Fsp3) is 0.111. The van der Waals surface area contributed by atoms with Crippen LogP contribution in [-0.2, 0) is 6.54 Å². The molecule has 3 amide bonds. The number of anilines is 1. The molecule has 0 bridgehead atoms. The Bertz CT molecular complexity index is 809. The SMILES string of the molecule is C=CCN(Cc1ccccc1F)C(=O)Nc1ccc(F)c(C(N)=O)c1. The summed E-state index contributed by atoms with van der Waals surface area (Å²) in [6, 6.07) is 9.03. The number of hydrogen-bond acceptors (Lipinski definition) is 2. The van der Waals surface area contributed by atoms with Gasteiger partial charge in [-0.25, -0.2) is 13.6 Å². The highest BCUT2D eigenvalue weighted by molar-refractivity contribution is 5.96. The summed E-state index contributed by atoms with van der Waals surface area (Å²) in [6.45, 7) is 3.77. The van der Waals surface area contributed by atoms with Crippen LogP contribution in [0.25, 0.3) is 0 Å². The monoisotopic (exact) mass is 345 g/mol. The van der Waals surface area contributed by atoms with Gasteiger partial charge < -0.3 is 16.0 Å². The van der Waals surface area contributed by atoms with Crippen molar-refractivity contribution in [3.05, 3.63) is 77.9 Å². The summed E-state index contributed by atoms with van der Waals surface area (Å²) in [5, 5.41) is 2.53. The molecule has 0 fully saturated rings. The average molecular weight is 345 g/mol. The molecular weight excluding hydrogens is 328 g/mol. The van der Waals surface area contributed by atoms with E-state index >= 15 is 0 Å². The molecule has 2 aromatic carbocycles. The number of primary amides is 1. The van der Waals surface area contributed by atoms with Gasteiger partial charge in [0.2, 0.25) is 0 Å². The van der Waals surface area contributed by atoms with Gasteiger partial charge in [-0.2, -0.15) is 0 Å². The van der Waals surface area contributed by atoms with Crippen molar-refractivity contribution in [3.63, 3.8) is 0 Å². The maximum Gasteiger partial charge on any atom is 0.322 e. The van der Waals surface area contributed by atoms with E-state index in [9.17, 15) is 18.4 Å². The van der Waals surface area contributed by atoms with Crippen LogP contribution in [-0.4, -0.2) is 23.4 Å². The largest absolute Gasteiger partial charge is 0.366 e. The van der Waals surface area contributed by atoms with E-state index in [0.29, 0.717) is 5.56 Å². The highest BCUT2D eigenvalue weighted by Crippen LogP contribution is 2.16. The van der Waals surface area contributed by atoms with Crippen LogP contribution in [0.4, 0.5) is 19.3 Å². The van der Waals surface area contributed by atoms with E-state index in [4.69, 9.17) is 5.73 Å². The van der Waals surface area contributed by atoms with Gasteiger partial charge in [0.1, 0.15) is 11.6 Å². The number of urea groups is 1. The number of rotatable bonds is 6. The molecule has 0 unspecified atom stereocenters. The molecule has 7 heteroatoms. The number of nitrogens with two attached hydrogens (primary N) is 1. The van der Waals surface area contributed by atoms with Crippen molar-refractivity contribution in [2.75, 3.05) is 11.9 Å². The Labute approximate surface area is 143 Å². The molecule has 2 aromatic rings. The van der Waals surface area contributed by atoms with E-state index in [1.54, 1.807) is 18.2 Å². The second-order valence-corrected chi connectivity index (χ2v) is 5.25. The fourth-order valence-electron chi connectivity index (χ4n) is 2.20. The van der Waals surface area contributed by atoms with Crippen LogP contribution < -0.4 is 11.1 Å². The summed E-state index contributed by atoms with van der Waals surface area (Å²) in [5.74, 6) is -2.15. The Morgan fingerprint density at radius 1 is 1.16 bits per heavy atom. The van der Waals surface area contributed by atoms with E-state index in [-0.39, 0.29) is 24.3 Å². The average Bonchev–Trinajstić information content (AvgIpc) is 2.57. The number of nitrogens with one attached hydrogen (secondary N) is 1. The predicted molar refractivity (Wildman–Crippen MR) is 90.9 cm³/mol. The Balaban J connectivity index is 2.18. The number of carbonyl (C=O) groups is 2.